The fourth-order valence-electron chi connectivity index (χ4n) is 1.50. The van der Waals surface area contributed by atoms with Crippen LogP contribution in [0.25, 0.3) is 0 Å². The summed E-state index contributed by atoms with van der Waals surface area (Å²) < 4.78 is 5.64. The number of unbranched alkanes of at least 4 members (excludes halogenated alkanes) is 1. The Labute approximate surface area is 102 Å². The maximum Gasteiger partial charge on any atom is 0.128 e. The molecule has 2 N–H and O–H groups in total. The van der Waals surface area contributed by atoms with Gasteiger partial charge in [-0.25, -0.2) is 0 Å². The van der Waals surface area contributed by atoms with Crippen LogP contribution in [-0.2, 0) is 0 Å². The Balaban J connectivity index is 2.77. The van der Waals surface area contributed by atoms with Crippen molar-refractivity contribution in [3.05, 3.63) is 29.3 Å². The number of ether oxygens (including phenoxy) is 1. The van der Waals surface area contributed by atoms with E-state index in [1.807, 2.05) is 25.1 Å². The van der Waals surface area contributed by atoms with Crippen LogP contribution in [0, 0.1) is 6.92 Å². The summed E-state index contributed by atoms with van der Waals surface area (Å²) in [6, 6.07) is 5.75. The quantitative estimate of drug-likeness (QED) is 0.345. The molecule has 4 heteroatoms. The summed E-state index contributed by atoms with van der Waals surface area (Å²) in [5.41, 5.74) is 2.42. The zero-order valence-electron chi connectivity index (χ0n) is 10.3. The van der Waals surface area contributed by atoms with Gasteiger partial charge in [-0.15, -0.1) is 0 Å². The highest BCUT2D eigenvalue weighted by atomic mass is 16.5. The van der Waals surface area contributed by atoms with E-state index >= 15 is 0 Å². The summed E-state index contributed by atoms with van der Waals surface area (Å²) >= 11 is 0. The monoisotopic (exact) mass is 237 g/mol. The standard InChI is InChI=1S/C13H19NO3/c1-10-5-6-12(11(2)14-16)13(9-10)17-8-4-3-7-15/h5-6,9,15-16H,3-4,7-8H2,1-2H3/b14-11+. The van der Waals surface area contributed by atoms with E-state index in [2.05, 4.69) is 5.16 Å². The Morgan fingerprint density at radius 3 is 2.76 bits per heavy atom. The number of benzene rings is 1. The van der Waals surface area contributed by atoms with Gasteiger partial charge in [0.2, 0.25) is 0 Å². The number of hydrogen-bond acceptors (Lipinski definition) is 4. The number of aliphatic hydroxyl groups is 1. The van der Waals surface area contributed by atoms with Crippen LogP contribution < -0.4 is 4.74 Å². The van der Waals surface area contributed by atoms with Gasteiger partial charge in [0.25, 0.3) is 0 Å². The molecule has 0 aliphatic rings. The molecule has 0 aliphatic heterocycles. The molecule has 0 atom stereocenters. The van der Waals surface area contributed by atoms with Crippen molar-refractivity contribution in [3.63, 3.8) is 0 Å². The summed E-state index contributed by atoms with van der Waals surface area (Å²) in [5, 5.41) is 20.7. The van der Waals surface area contributed by atoms with Crippen molar-refractivity contribution in [2.75, 3.05) is 13.2 Å². The van der Waals surface area contributed by atoms with Crippen LogP contribution in [-0.4, -0.2) is 29.2 Å². The summed E-state index contributed by atoms with van der Waals surface area (Å²) in [6.45, 7) is 4.44. The Morgan fingerprint density at radius 1 is 1.35 bits per heavy atom. The van der Waals surface area contributed by atoms with E-state index in [4.69, 9.17) is 15.1 Å². The fourth-order valence-corrected chi connectivity index (χ4v) is 1.50. The zero-order chi connectivity index (χ0) is 12.7. The van der Waals surface area contributed by atoms with Gasteiger partial charge in [-0.3, -0.25) is 0 Å². The maximum atomic E-state index is 8.79. The van der Waals surface area contributed by atoms with Gasteiger partial charge < -0.3 is 15.1 Å². The van der Waals surface area contributed by atoms with Crippen molar-refractivity contribution in [1.82, 2.24) is 0 Å². The third-order valence-electron chi connectivity index (χ3n) is 2.49. The molecule has 0 spiro atoms. The van der Waals surface area contributed by atoms with E-state index in [1.54, 1.807) is 6.92 Å². The predicted octanol–water partition coefficient (Wildman–Crippen LogP) is 2.34. The second-order valence-corrected chi connectivity index (χ2v) is 3.96. The molecule has 0 radical (unpaired) electrons. The van der Waals surface area contributed by atoms with Crippen LogP contribution in [0.1, 0.15) is 30.9 Å². The number of aliphatic hydroxyl groups excluding tert-OH is 1. The minimum absolute atomic E-state index is 0.182. The fraction of sp³-hybridized carbons (Fsp3) is 0.462. The number of nitrogens with zero attached hydrogens (tertiary/aromatic N) is 1. The molecule has 0 aliphatic carbocycles. The predicted molar refractivity (Wildman–Crippen MR) is 67.0 cm³/mol. The van der Waals surface area contributed by atoms with E-state index in [9.17, 15) is 0 Å². The molecule has 0 fully saturated rings. The molecule has 1 rings (SSSR count). The topological polar surface area (TPSA) is 62.1 Å². The first-order chi connectivity index (χ1) is 8.19. The Hall–Kier alpha value is -1.55. The number of oxime groups is 1. The highest BCUT2D eigenvalue weighted by molar-refractivity contribution is 6.00. The van der Waals surface area contributed by atoms with E-state index in [1.165, 1.54) is 0 Å². The minimum Gasteiger partial charge on any atom is -0.493 e. The Morgan fingerprint density at radius 2 is 2.12 bits per heavy atom. The molecule has 0 saturated heterocycles. The highest BCUT2D eigenvalue weighted by Gasteiger charge is 2.07. The largest absolute Gasteiger partial charge is 0.493 e. The van der Waals surface area contributed by atoms with Crippen LogP contribution in [0.3, 0.4) is 0 Å². The average Bonchev–Trinajstić information content (AvgIpc) is 2.34. The van der Waals surface area contributed by atoms with Crippen molar-refractivity contribution >= 4 is 5.71 Å². The lowest BCUT2D eigenvalue weighted by Crippen LogP contribution is -2.04. The molecule has 0 amide bonds. The number of hydrogen-bond donors (Lipinski definition) is 2. The second kappa shape index (κ2) is 6.91. The first-order valence-corrected chi connectivity index (χ1v) is 5.72. The highest BCUT2D eigenvalue weighted by Crippen LogP contribution is 2.21. The molecule has 4 nitrogen and oxygen atoms in total. The maximum absolute atomic E-state index is 8.79. The SMILES string of the molecule is C/C(=N\O)c1ccc(C)cc1OCCCCO. The lowest BCUT2D eigenvalue weighted by molar-refractivity contribution is 0.253. The van der Waals surface area contributed by atoms with Crippen LogP contribution in [0.15, 0.2) is 23.4 Å². The van der Waals surface area contributed by atoms with E-state index in [0.29, 0.717) is 12.3 Å². The van der Waals surface area contributed by atoms with Crippen molar-refractivity contribution in [3.8, 4) is 5.75 Å². The molecule has 0 heterocycles. The van der Waals surface area contributed by atoms with Gasteiger partial charge >= 0.3 is 0 Å². The van der Waals surface area contributed by atoms with Crippen LogP contribution in [0.5, 0.6) is 5.75 Å². The average molecular weight is 237 g/mol. The first-order valence-electron chi connectivity index (χ1n) is 5.72. The first kappa shape index (κ1) is 13.5. The molecule has 0 unspecified atom stereocenters. The molecule has 0 bridgehead atoms. The van der Waals surface area contributed by atoms with Crippen molar-refractivity contribution in [2.24, 2.45) is 5.16 Å². The van der Waals surface area contributed by atoms with Crippen LogP contribution in [0.4, 0.5) is 0 Å². The number of aryl methyl sites for hydroxylation is 1. The molecular weight excluding hydrogens is 218 g/mol. The van der Waals surface area contributed by atoms with E-state index < -0.39 is 0 Å². The van der Waals surface area contributed by atoms with Gasteiger partial charge in [-0.2, -0.15) is 0 Å². The molecular formula is C13H19NO3. The molecule has 1 aromatic rings. The molecule has 17 heavy (non-hydrogen) atoms. The normalized spacial score (nSPS) is 11.6. The lowest BCUT2D eigenvalue weighted by Gasteiger charge is -2.11. The van der Waals surface area contributed by atoms with Gasteiger partial charge in [0.15, 0.2) is 0 Å². The van der Waals surface area contributed by atoms with Crippen molar-refractivity contribution in [1.29, 1.82) is 0 Å². The van der Waals surface area contributed by atoms with Gasteiger partial charge in [-0.05, 0) is 44.4 Å². The lowest BCUT2D eigenvalue weighted by atomic mass is 10.1. The summed E-state index contributed by atoms with van der Waals surface area (Å²) in [6.07, 6.45) is 1.54. The van der Waals surface area contributed by atoms with E-state index in [-0.39, 0.29) is 6.61 Å². The smallest absolute Gasteiger partial charge is 0.128 e. The zero-order valence-corrected chi connectivity index (χ0v) is 10.3. The Bertz CT molecular complexity index is 388. The van der Waals surface area contributed by atoms with Gasteiger partial charge in [0, 0.05) is 12.2 Å². The van der Waals surface area contributed by atoms with Crippen molar-refractivity contribution < 1.29 is 15.1 Å². The van der Waals surface area contributed by atoms with Crippen LogP contribution >= 0.6 is 0 Å². The molecule has 94 valence electrons. The van der Waals surface area contributed by atoms with Gasteiger partial charge in [-0.1, -0.05) is 11.2 Å². The van der Waals surface area contributed by atoms with Crippen molar-refractivity contribution in [2.45, 2.75) is 26.7 Å². The van der Waals surface area contributed by atoms with E-state index in [0.717, 1.165) is 29.7 Å². The summed E-state index contributed by atoms with van der Waals surface area (Å²) in [7, 11) is 0. The summed E-state index contributed by atoms with van der Waals surface area (Å²) in [5.74, 6) is 0.721. The van der Waals surface area contributed by atoms with Gasteiger partial charge in [0.1, 0.15) is 5.75 Å². The third kappa shape index (κ3) is 4.07. The molecule has 0 saturated carbocycles. The minimum atomic E-state index is 0.182. The number of rotatable bonds is 6. The van der Waals surface area contributed by atoms with Gasteiger partial charge in [0.05, 0.1) is 12.3 Å². The van der Waals surface area contributed by atoms with Crippen LogP contribution in [0.2, 0.25) is 0 Å². The Kier molecular flexibility index (Phi) is 5.49. The molecule has 1 aromatic carbocycles. The summed E-state index contributed by atoms with van der Waals surface area (Å²) in [4.78, 5) is 0. The molecule has 0 aromatic heterocycles. The second-order valence-electron chi connectivity index (χ2n) is 3.96. The third-order valence-corrected chi connectivity index (χ3v) is 2.49.